The molecule has 0 saturated carbocycles. The van der Waals surface area contributed by atoms with Crippen LogP contribution in [0.1, 0.15) is 303 Å². The molecule has 0 heterocycles. The van der Waals surface area contributed by atoms with Crippen LogP contribution in [0, 0.1) is 0 Å². The second-order valence-electron chi connectivity index (χ2n) is 22.3. The van der Waals surface area contributed by atoms with Crippen molar-refractivity contribution in [3.63, 3.8) is 0 Å². The molecule has 470 valence electrons. The van der Waals surface area contributed by atoms with E-state index in [0.29, 0.717) is 19.3 Å². The fourth-order valence-electron chi connectivity index (χ4n) is 9.27. The van der Waals surface area contributed by atoms with Gasteiger partial charge in [0, 0.05) is 19.3 Å². The third kappa shape index (κ3) is 68.0. The van der Waals surface area contributed by atoms with Gasteiger partial charge in [-0.05, 0) is 122 Å². The van der Waals surface area contributed by atoms with Crippen molar-refractivity contribution in [3.8, 4) is 0 Å². The lowest BCUT2D eigenvalue weighted by atomic mass is 10.0. The summed E-state index contributed by atoms with van der Waals surface area (Å²) in [4.78, 5) is 38.4. The maximum absolute atomic E-state index is 12.9. The highest BCUT2D eigenvalue weighted by molar-refractivity contribution is 5.71. The Hall–Kier alpha value is -4.71. The van der Waals surface area contributed by atoms with Crippen LogP contribution in [0.2, 0.25) is 0 Å². The van der Waals surface area contributed by atoms with Crippen LogP contribution in [-0.2, 0) is 28.6 Å². The first-order chi connectivity index (χ1) is 41.0. The molecular formula is C77H126O6. The number of carbonyl (C=O) groups is 3. The van der Waals surface area contributed by atoms with E-state index in [9.17, 15) is 14.4 Å². The van der Waals surface area contributed by atoms with Gasteiger partial charge in [0.2, 0.25) is 0 Å². The van der Waals surface area contributed by atoms with Gasteiger partial charge in [0.15, 0.2) is 6.10 Å². The van der Waals surface area contributed by atoms with Crippen LogP contribution in [0.4, 0.5) is 0 Å². The molecule has 0 N–H and O–H groups in total. The summed E-state index contributed by atoms with van der Waals surface area (Å²) in [6.45, 7) is 6.40. The summed E-state index contributed by atoms with van der Waals surface area (Å²) < 4.78 is 16.9. The molecule has 0 aromatic rings. The standard InChI is InChI=1S/C77H126O6/c1-4-7-10-13-16-19-22-24-26-28-30-32-34-36-38-40-42-44-46-48-50-52-55-58-61-64-67-70-76(79)82-73-74(72-81-75(78)69-66-63-60-57-54-21-18-15-12-9-6-3)83-77(80)71-68-65-62-59-56-53-51-49-47-45-43-41-39-37-35-33-31-29-27-25-23-20-17-14-11-8-5-2/h7-8,10-11,16-17,19-20,24-27,30-33,36-39,42,44,48,50,74H,4-6,9,12-15,18,21-23,28-29,34-35,40-41,43,45-47,49,51-73H2,1-3H3/b10-7-,11-8-,19-16-,20-17-,26-24-,27-25-,32-30-,33-31-,38-36-,39-37-,44-42-,50-48-. The largest absolute Gasteiger partial charge is 0.462 e. The van der Waals surface area contributed by atoms with Gasteiger partial charge in [0.1, 0.15) is 13.2 Å². The smallest absolute Gasteiger partial charge is 0.306 e. The third-order valence-electron chi connectivity index (χ3n) is 14.3. The molecule has 0 aromatic carbocycles. The van der Waals surface area contributed by atoms with Gasteiger partial charge in [-0.3, -0.25) is 14.4 Å². The van der Waals surface area contributed by atoms with Crippen LogP contribution in [0.3, 0.4) is 0 Å². The molecule has 0 fully saturated rings. The van der Waals surface area contributed by atoms with Crippen molar-refractivity contribution in [3.05, 3.63) is 146 Å². The lowest BCUT2D eigenvalue weighted by Gasteiger charge is -2.18. The lowest BCUT2D eigenvalue weighted by Crippen LogP contribution is -2.30. The fourth-order valence-corrected chi connectivity index (χ4v) is 9.27. The average molecular weight is 1150 g/mol. The molecule has 0 amide bonds. The zero-order chi connectivity index (χ0) is 59.9. The van der Waals surface area contributed by atoms with Gasteiger partial charge in [0.25, 0.3) is 0 Å². The molecule has 0 aliphatic carbocycles. The van der Waals surface area contributed by atoms with Crippen LogP contribution in [-0.4, -0.2) is 37.2 Å². The van der Waals surface area contributed by atoms with Crippen LogP contribution < -0.4 is 0 Å². The summed E-state index contributed by atoms with van der Waals surface area (Å²) in [6, 6.07) is 0. The Morgan fingerprint density at radius 2 is 0.470 bits per heavy atom. The van der Waals surface area contributed by atoms with E-state index in [1.54, 1.807) is 0 Å². The van der Waals surface area contributed by atoms with E-state index in [4.69, 9.17) is 14.2 Å². The predicted molar refractivity (Wildman–Crippen MR) is 362 cm³/mol. The van der Waals surface area contributed by atoms with Crippen molar-refractivity contribution in [1.29, 1.82) is 0 Å². The minimum absolute atomic E-state index is 0.0873. The Morgan fingerprint density at radius 3 is 0.735 bits per heavy atom. The molecule has 0 aliphatic heterocycles. The summed E-state index contributed by atoms with van der Waals surface area (Å²) in [7, 11) is 0. The van der Waals surface area contributed by atoms with Crippen molar-refractivity contribution < 1.29 is 28.6 Å². The Balaban J connectivity index is 4.33. The summed E-state index contributed by atoms with van der Waals surface area (Å²) >= 11 is 0. The van der Waals surface area contributed by atoms with E-state index in [1.165, 1.54) is 109 Å². The molecule has 0 aliphatic rings. The molecule has 1 unspecified atom stereocenters. The van der Waals surface area contributed by atoms with Gasteiger partial charge in [-0.2, -0.15) is 0 Å². The molecule has 0 radical (unpaired) electrons. The topological polar surface area (TPSA) is 78.9 Å². The number of rotatable bonds is 61. The molecule has 6 nitrogen and oxygen atoms in total. The Labute approximate surface area is 512 Å². The summed E-state index contributed by atoms with van der Waals surface area (Å²) in [5.41, 5.74) is 0. The zero-order valence-electron chi connectivity index (χ0n) is 53.9. The number of unbranched alkanes of at least 4 members (excludes halogenated alkanes) is 26. The number of hydrogen-bond donors (Lipinski definition) is 0. The SMILES string of the molecule is CC/C=C\C/C=C\C/C=C\C/C=C\C/C=C\C/C=C\C/C=C\CCCCCCCC(=O)OCC(COC(=O)CCCCCCCCCCCCC)OC(=O)CCCCCCCCCCCCC/C=C\C/C=C\C/C=C\C/C=C\C/C=C\CC. The summed E-state index contributed by atoms with van der Waals surface area (Å²) in [5, 5.41) is 0. The lowest BCUT2D eigenvalue weighted by molar-refractivity contribution is -0.167. The minimum Gasteiger partial charge on any atom is -0.462 e. The van der Waals surface area contributed by atoms with Crippen LogP contribution in [0.25, 0.3) is 0 Å². The van der Waals surface area contributed by atoms with E-state index < -0.39 is 6.10 Å². The summed E-state index contributed by atoms with van der Waals surface area (Å²) in [6.07, 6.45) is 100. The highest BCUT2D eigenvalue weighted by Crippen LogP contribution is 2.16. The Kier molecular flexibility index (Phi) is 65.8. The van der Waals surface area contributed by atoms with Crippen molar-refractivity contribution in [1.82, 2.24) is 0 Å². The zero-order valence-corrected chi connectivity index (χ0v) is 53.9. The molecular weight excluding hydrogens is 1020 g/mol. The minimum atomic E-state index is -0.793. The highest BCUT2D eigenvalue weighted by Gasteiger charge is 2.19. The molecule has 0 saturated heterocycles. The number of ether oxygens (including phenoxy) is 3. The monoisotopic (exact) mass is 1150 g/mol. The second kappa shape index (κ2) is 69.8. The Morgan fingerprint density at radius 1 is 0.253 bits per heavy atom. The van der Waals surface area contributed by atoms with Crippen molar-refractivity contribution in [2.24, 2.45) is 0 Å². The Bertz CT molecular complexity index is 1800. The van der Waals surface area contributed by atoms with Crippen LogP contribution >= 0.6 is 0 Å². The maximum Gasteiger partial charge on any atom is 0.306 e. The third-order valence-corrected chi connectivity index (χ3v) is 14.3. The van der Waals surface area contributed by atoms with Gasteiger partial charge in [-0.25, -0.2) is 0 Å². The van der Waals surface area contributed by atoms with E-state index in [1.807, 2.05) is 0 Å². The number of hydrogen-bond acceptors (Lipinski definition) is 6. The molecule has 0 bridgehead atoms. The molecule has 0 rings (SSSR count). The molecule has 6 heteroatoms. The maximum atomic E-state index is 12.9. The first-order valence-electron chi connectivity index (χ1n) is 34.3. The van der Waals surface area contributed by atoms with Crippen molar-refractivity contribution in [2.45, 2.75) is 309 Å². The fraction of sp³-hybridized carbons (Fsp3) is 0.649. The second-order valence-corrected chi connectivity index (χ2v) is 22.3. The first kappa shape index (κ1) is 78.3. The van der Waals surface area contributed by atoms with Gasteiger partial charge >= 0.3 is 17.9 Å². The van der Waals surface area contributed by atoms with Gasteiger partial charge in [-0.15, -0.1) is 0 Å². The average Bonchev–Trinajstić information content (AvgIpc) is 3.48. The van der Waals surface area contributed by atoms with E-state index >= 15 is 0 Å². The van der Waals surface area contributed by atoms with Crippen molar-refractivity contribution >= 4 is 17.9 Å². The van der Waals surface area contributed by atoms with E-state index in [-0.39, 0.29) is 31.1 Å². The van der Waals surface area contributed by atoms with Crippen molar-refractivity contribution in [2.75, 3.05) is 13.2 Å². The van der Waals surface area contributed by atoms with Crippen LogP contribution in [0.15, 0.2) is 146 Å². The van der Waals surface area contributed by atoms with E-state index in [2.05, 4.69) is 167 Å². The van der Waals surface area contributed by atoms with E-state index in [0.717, 1.165) is 154 Å². The first-order valence-corrected chi connectivity index (χ1v) is 34.3. The molecule has 0 aromatic heterocycles. The van der Waals surface area contributed by atoms with Crippen LogP contribution in [0.5, 0.6) is 0 Å². The normalized spacial score (nSPS) is 13.0. The molecule has 1 atom stereocenters. The highest BCUT2D eigenvalue weighted by atomic mass is 16.6. The number of carbonyl (C=O) groups excluding carboxylic acids is 3. The van der Waals surface area contributed by atoms with Gasteiger partial charge < -0.3 is 14.2 Å². The number of allylic oxidation sites excluding steroid dienone is 24. The van der Waals surface area contributed by atoms with Gasteiger partial charge in [-0.1, -0.05) is 308 Å². The van der Waals surface area contributed by atoms with Gasteiger partial charge in [0.05, 0.1) is 0 Å². The summed E-state index contributed by atoms with van der Waals surface area (Å²) in [5.74, 6) is -0.906. The molecule has 83 heavy (non-hydrogen) atoms. The quantitative estimate of drug-likeness (QED) is 0.0261. The predicted octanol–water partition coefficient (Wildman–Crippen LogP) is 23.9. The molecule has 0 spiro atoms. The number of esters is 3.